The molecule has 2 aromatic rings. The molecule has 4 nitrogen and oxygen atoms in total. The number of nitrogens with zero attached hydrogens (tertiary/aromatic N) is 1. The van der Waals surface area contributed by atoms with E-state index < -0.39 is 0 Å². The molecule has 0 amide bonds. The van der Waals surface area contributed by atoms with Crippen LogP contribution in [0, 0.1) is 6.92 Å². The first kappa shape index (κ1) is 20.8. The molecule has 1 aromatic heterocycles. The SMILES string of the molecule is CCNC(=NCc1sccc1C)NCCc1cccc(OC)c1.I. The maximum atomic E-state index is 5.26. The summed E-state index contributed by atoms with van der Waals surface area (Å²) >= 11 is 1.76. The molecular weight excluding hydrogens is 433 g/mol. The first-order valence-corrected chi connectivity index (χ1v) is 8.79. The second-order valence-electron chi connectivity index (χ2n) is 5.25. The molecule has 0 radical (unpaired) electrons. The van der Waals surface area contributed by atoms with Crippen LogP contribution in [0.3, 0.4) is 0 Å². The Morgan fingerprint density at radius 1 is 1.25 bits per heavy atom. The van der Waals surface area contributed by atoms with Gasteiger partial charge in [0.2, 0.25) is 0 Å². The minimum Gasteiger partial charge on any atom is -0.497 e. The van der Waals surface area contributed by atoms with Crippen molar-refractivity contribution in [3.63, 3.8) is 0 Å². The predicted octanol–water partition coefficient (Wildman–Crippen LogP) is 3.98. The molecule has 132 valence electrons. The first-order valence-electron chi connectivity index (χ1n) is 7.91. The van der Waals surface area contributed by atoms with Crippen molar-refractivity contribution in [2.45, 2.75) is 26.8 Å². The van der Waals surface area contributed by atoms with Crippen molar-refractivity contribution in [3.05, 3.63) is 51.7 Å². The molecule has 2 N–H and O–H groups in total. The monoisotopic (exact) mass is 459 g/mol. The maximum Gasteiger partial charge on any atom is 0.191 e. The minimum atomic E-state index is 0. The van der Waals surface area contributed by atoms with E-state index in [0.29, 0.717) is 0 Å². The lowest BCUT2D eigenvalue weighted by Gasteiger charge is -2.11. The van der Waals surface area contributed by atoms with Crippen molar-refractivity contribution >= 4 is 41.3 Å². The molecule has 24 heavy (non-hydrogen) atoms. The van der Waals surface area contributed by atoms with Gasteiger partial charge in [0.1, 0.15) is 5.75 Å². The number of hydrogen-bond acceptors (Lipinski definition) is 3. The van der Waals surface area contributed by atoms with Crippen molar-refractivity contribution in [2.24, 2.45) is 4.99 Å². The lowest BCUT2D eigenvalue weighted by molar-refractivity contribution is 0.414. The third-order valence-electron chi connectivity index (χ3n) is 3.53. The molecular formula is C18H26IN3OS. The molecule has 0 atom stereocenters. The number of rotatable bonds is 7. The zero-order valence-corrected chi connectivity index (χ0v) is 17.6. The standard InChI is InChI=1S/C18H25N3OS.HI/c1-4-19-18(21-13-17-14(2)9-11-23-17)20-10-8-15-6-5-7-16(12-15)22-3;/h5-7,9,11-12H,4,8,10,13H2,1-3H3,(H2,19,20,21);1H. The van der Waals surface area contributed by atoms with Crippen molar-refractivity contribution < 1.29 is 4.74 Å². The lowest BCUT2D eigenvalue weighted by atomic mass is 10.1. The molecule has 1 heterocycles. The molecule has 6 heteroatoms. The van der Waals surface area contributed by atoms with Crippen LogP contribution >= 0.6 is 35.3 Å². The highest BCUT2D eigenvalue weighted by atomic mass is 127. The Morgan fingerprint density at radius 3 is 2.75 bits per heavy atom. The number of methoxy groups -OCH3 is 1. The van der Waals surface area contributed by atoms with E-state index in [4.69, 9.17) is 4.74 Å². The molecule has 0 spiro atoms. The maximum absolute atomic E-state index is 5.26. The summed E-state index contributed by atoms with van der Waals surface area (Å²) in [5, 5.41) is 8.80. The van der Waals surface area contributed by atoms with Gasteiger partial charge in [0.25, 0.3) is 0 Å². The van der Waals surface area contributed by atoms with Gasteiger partial charge in [0.05, 0.1) is 13.7 Å². The van der Waals surface area contributed by atoms with Gasteiger partial charge in [0, 0.05) is 18.0 Å². The summed E-state index contributed by atoms with van der Waals surface area (Å²) in [6.07, 6.45) is 0.930. The van der Waals surface area contributed by atoms with E-state index in [2.05, 4.69) is 53.1 Å². The Balaban J connectivity index is 0.00000288. The molecule has 0 saturated carbocycles. The summed E-state index contributed by atoms with van der Waals surface area (Å²) in [7, 11) is 1.69. The van der Waals surface area contributed by atoms with Crippen LogP contribution in [0.5, 0.6) is 5.75 Å². The van der Waals surface area contributed by atoms with E-state index in [-0.39, 0.29) is 24.0 Å². The van der Waals surface area contributed by atoms with Crippen LogP contribution in [0.25, 0.3) is 0 Å². The van der Waals surface area contributed by atoms with Gasteiger partial charge in [-0.1, -0.05) is 12.1 Å². The molecule has 0 fully saturated rings. The fraction of sp³-hybridized carbons (Fsp3) is 0.389. The van der Waals surface area contributed by atoms with Gasteiger partial charge in [0.15, 0.2) is 5.96 Å². The normalized spacial score (nSPS) is 10.9. The Kier molecular flexibility index (Phi) is 9.78. The lowest BCUT2D eigenvalue weighted by Crippen LogP contribution is -2.38. The molecule has 0 aliphatic heterocycles. The summed E-state index contributed by atoms with van der Waals surface area (Å²) in [6, 6.07) is 10.3. The summed E-state index contributed by atoms with van der Waals surface area (Å²) in [5.74, 6) is 1.76. The van der Waals surface area contributed by atoms with E-state index in [9.17, 15) is 0 Å². The van der Waals surface area contributed by atoms with Crippen molar-refractivity contribution in [1.82, 2.24) is 10.6 Å². The third-order valence-corrected chi connectivity index (χ3v) is 4.54. The van der Waals surface area contributed by atoms with Crippen LogP contribution in [0.1, 0.15) is 22.9 Å². The van der Waals surface area contributed by atoms with Crippen LogP contribution in [-0.4, -0.2) is 26.2 Å². The van der Waals surface area contributed by atoms with E-state index in [0.717, 1.165) is 37.8 Å². The first-order chi connectivity index (χ1) is 11.2. The van der Waals surface area contributed by atoms with E-state index in [1.807, 2.05) is 12.1 Å². The highest BCUT2D eigenvalue weighted by Gasteiger charge is 2.02. The zero-order chi connectivity index (χ0) is 16.5. The van der Waals surface area contributed by atoms with Gasteiger partial charge in [-0.15, -0.1) is 35.3 Å². The topological polar surface area (TPSA) is 45.7 Å². The number of benzene rings is 1. The minimum absolute atomic E-state index is 0. The summed E-state index contributed by atoms with van der Waals surface area (Å²) in [5.41, 5.74) is 2.56. The molecule has 0 aliphatic carbocycles. The average Bonchev–Trinajstić information content (AvgIpc) is 2.98. The van der Waals surface area contributed by atoms with Gasteiger partial charge >= 0.3 is 0 Å². The number of hydrogen-bond donors (Lipinski definition) is 2. The number of aliphatic imine (C=N–C) groups is 1. The number of thiophene rings is 1. The molecule has 1 aromatic carbocycles. The fourth-order valence-corrected chi connectivity index (χ4v) is 3.04. The average molecular weight is 459 g/mol. The van der Waals surface area contributed by atoms with Gasteiger partial charge in [-0.05, 0) is 55.0 Å². The number of ether oxygens (including phenoxy) is 1. The Morgan fingerprint density at radius 2 is 2.08 bits per heavy atom. The largest absolute Gasteiger partial charge is 0.497 e. The smallest absolute Gasteiger partial charge is 0.191 e. The fourth-order valence-electron chi connectivity index (χ4n) is 2.21. The zero-order valence-electron chi connectivity index (χ0n) is 14.5. The van der Waals surface area contributed by atoms with Gasteiger partial charge in [-0.3, -0.25) is 0 Å². The van der Waals surface area contributed by atoms with Crippen LogP contribution in [0.4, 0.5) is 0 Å². The van der Waals surface area contributed by atoms with Crippen molar-refractivity contribution in [1.29, 1.82) is 0 Å². The number of nitrogens with one attached hydrogen (secondary N) is 2. The highest BCUT2D eigenvalue weighted by Crippen LogP contribution is 2.16. The summed E-state index contributed by atoms with van der Waals surface area (Å²) in [4.78, 5) is 5.98. The Bertz CT molecular complexity index is 643. The number of halogens is 1. The molecule has 0 bridgehead atoms. The molecule has 0 unspecified atom stereocenters. The van der Waals surface area contributed by atoms with Crippen molar-refractivity contribution in [2.75, 3.05) is 20.2 Å². The molecule has 0 aliphatic rings. The van der Waals surface area contributed by atoms with Crippen LogP contribution in [0.2, 0.25) is 0 Å². The number of guanidine groups is 1. The second-order valence-corrected chi connectivity index (χ2v) is 6.25. The van der Waals surface area contributed by atoms with Gasteiger partial charge in [-0.2, -0.15) is 0 Å². The summed E-state index contributed by atoms with van der Waals surface area (Å²) in [6.45, 7) is 6.62. The predicted molar refractivity (Wildman–Crippen MR) is 114 cm³/mol. The van der Waals surface area contributed by atoms with E-state index >= 15 is 0 Å². The number of aryl methyl sites for hydroxylation is 1. The van der Waals surface area contributed by atoms with Crippen LogP contribution < -0.4 is 15.4 Å². The van der Waals surface area contributed by atoms with Gasteiger partial charge < -0.3 is 15.4 Å². The quantitative estimate of drug-likeness (QED) is 0.374. The van der Waals surface area contributed by atoms with Crippen LogP contribution in [0.15, 0.2) is 40.7 Å². The van der Waals surface area contributed by atoms with Crippen LogP contribution in [-0.2, 0) is 13.0 Å². The molecule has 2 rings (SSSR count). The van der Waals surface area contributed by atoms with Crippen molar-refractivity contribution in [3.8, 4) is 5.75 Å². The molecule has 0 saturated heterocycles. The highest BCUT2D eigenvalue weighted by molar-refractivity contribution is 14.0. The van der Waals surface area contributed by atoms with Gasteiger partial charge in [-0.25, -0.2) is 4.99 Å². The van der Waals surface area contributed by atoms with E-state index in [1.54, 1.807) is 18.4 Å². The Labute approximate surface area is 165 Å². The van der Waals surface area contributed by atoms with E-state index in [1.165, 1.54) is 16.0 Å². The Hall–Kier alpha value is -1.28. The third kappa shape index (κ3) is 6.68. The second kappa shape index (κ2) is 11.3. The summed E-state index contributed by atoms with van der Waals surface area (Å²) < 4.78 is 5.26.